The van der Waals surface area contributed by atoms with Crippen molar-refractivity contribution in [3.63, 3.8) is 0 Å². The van der Waals surface area contributed by atoms with Gasteiger partial charge in [0.15, 0.2) is 0 Å². The van der Waals surface area contributed by atoms with Gasteiger partial charge in [0.25, 0.3) is 0 Å². The molecule has 2 unspecified atom stereocenters. The van der Waals surface area contributed by atoms with Crippen molar-refractivity contribution in [2.45, 2.75) is 57.1 Å². The first kappa shape index (κ1) is 12.2. The zero-order valence-electron chi connectivity index (χ0n) is 9.56. The zero-order valence-corrected chi connectivity index (χ0v) is 11.1. The molecule has 3 heteroatoms. The SMILES string of the molecule is CC(=O)C1CC(C)(C)OC(C)(C)C1Br. The molecule has 0 aliphatic carbocycles. The van der Waals surface area contributed by atoms with E-state index in [9.17, 15) is 4.79 Å². The van der Waals surface area contributed by atoms with Crippen molar-refractivity contribution in [2.24, 2.45) is 5.92 Å². The normalized spacial score (nSPS) is 35.3. The maximum absolute atomic E-state index is 11.5. The van der Waals surface area contributed by atoms with E-state index in [0.717, 1.165) is 6.42 Å². The van der Waals surface area contributed by atoms with E-state index in [0.29, 0.717) is 0 Å². The van der Waals surface area contributed by atoms with Crippen molar-refractivity contribution in [2.75, 3.05) is 0 Å². The molecule has 0 saturated carbocycles. The largest absolute Gasteiger partial charge is 0.368 e. The van der Waals surface area contributed by atoms with Crippen molar-refractivity contribution >= 4 is 21.7 Å². The molecule has 0 N–H and O–H groups in total. The first-order valence-corrected chi connectivity index (χ1v) is 5.92. The third-order valence-electron chi connectivity index (χ3n) is 2.79. The van der Waals surface area contributed by atoms with Gasteiger partial charge in [0.1, 0.15) is 5.78 Å². The van der Waals surface area contributed by atoms with Gasteiger partial charge < -0.3 is 4.74 Å². The van der Waals surface area contributed by atoms with E-state index in [1.54, 1.807) is 6.92 Å². The summed E-state index contributed by atoms with van der Waals surface area (Å²) in [6.45, 7) is 9.82. The molecule has 0 radical (unpaired) electrons. The maximum Gasteiger partial charge on any atom is 0.134 e. The van der Waals surface area contributed by atoms with Crippen LogP contribution in [0.15, 0.2) is 0 Å². The van der Waals surface area contributed by atoms with Gasteiger partial charge in [0.05, 0.1) is 16.0 Å². The lowest BCUT2D eigenvalue weighted by molar-refractivity contribution is -0.171. The highest BCUT2D eigenvalue weighted by molar-refractivity contribution is 9.09. The highest BCUT2D eigenvalue weighted by atomic mass is 79.9. The molecule has 0 aromatic heterocycles. The summed E-state index contributed by atoms with van der Waals surface area (Å²) in [5.74, 6) is 0.310. The van der Waals surface area contributed by atoms with E-state index in [1.807, 2.05) is 27.7 Å². The standard InChI is InChI=1S/C11H19BrO2/c1-7(13)8-6-10(2,3)14-11(4,5)9(8)12/h8-9H,6H2,1-5H3. The summed E-state index contributed by atoms with van der Waals surface area (Å²) in [4.78, 5) is 11.6. The second kappa shape index (κ2) is 3.60. The molecular weight excluding hydrogens is 244 g/mol. The van der Waals surface area contributed by atoms with Crippen molar-refractivity contribution in [3.8, 4) is 0 Å². The van der Waals surface area contributed by atoms with E-state index < -0.39 is 0 Å². The first-order chi connectivity index (χ1) is 6.16. The zero-order chi connectivity index (χ0) is 11.1. The van der Waals surface area contributed by atoms with E-state index in [1.165, 1.54) is 0 Å². The van der Waals surface area contributed by atoms with Crippen LogP contribution >= 0.6 is 15.9 Å². The average Bonchev–Trinajstić information content (AvgIpc) is 1.94. The molecular formula is C11H19BrO2. The summed E-state index contributed by atoms with van der Waals surface area (Å²) >= 11 is 3.58. The number of alkyl halides is 1. The highest BCUT2D eigenvalue weighted by Crippen LogP contribution is 2.42. The number of hydrogen-bond acceptors (Lipinski definition) is 2. The van der Waals surface area contributed by atoms with Gasteiger partial charge in [0, 0.05) is 5.92 Å². The highest BCUT2D eigenvalue weighted by Gasteiger charge is 2.47. The van der Waals surface area contributed by atoms with E-state index in [2.05, 4.69) is 15.9 Å². The Morgan fingerprint density at radius 1 is 1.36 bits per heavy atom. The van der Waals surface area contributed by atoms with Crippen LogP contribution in [0.5, 0.6) is 0 Å². The van der Waals surface area contributed by atoms with Crippen LogP contribution in [0.4, 0.5) is 0 Å². The monoisotopic (exact) mass is 262 g/mol. The summed E-state index contributed by atoms with van der Waals surface area (Å²) in [6.07, 6.45) is 0.793. The summed E-state index contributed by atoms with van der Waals surface area (Å²) < 4.78 is 5.95. The van der Waals surface area contributed by atoms with E-state index in [-0.39, 0.29) is 27.7 Å². The smallest absolute Gasteiger partial charge is 0.134 e. The van der Waals surface area contributed by atoms with Crippen molar-refractivity contribution in [1.29, 1.82) is 0 Å². The number of hydrogen-bond donors (Lipinski definition) is 0. The van der Waals surface area contributed by atoms with Gasteiger partial charge in [-0.2, -0.15) is 0 Å². The van der Waals surface area contributed by atoms with Crippen molar-refractivity contribution < 1.29 is 9.53 Å². The molecule has 1 aliphatic rings. The van der Waals surface area contributed by atoms with Crippen LogP contribution in [0.3, 0.4) is 0 Å². The van der Waals surface area contributed by atoms with Gasteiger partial charge in [-0.3, -0.25) is 4.79 Å². The molecule has 82 valence electrons. The average molecular weight is 263 g/mol. The molecule has 0 spiro atoms. The topological polar surface area (TPSA) is 26.3 Å². The molecule has 0 bridgehead atoms. The lowest BCUT2D eigenvalue weighted by Gasteiger charge is -2.48. The second-order valence-electron chi connectivity index (χ2n) is 5.29. The Bertz CT molecular complexity index is 246. The molecule has 1 heterocycles. The minimum Gasteiger partial charge on any atom is -0.368 e. The third-order valence-corrected chi connectivity index (χ3v) is 4.53. The summed E-state index contributed by atoms with van der Waals surface area (Å²) in [5.41, 5.74) is -0.484. The van der Waals surface area contributed by atoms with Gasteiger partial charge in [-0.05, 0) is 41.0 Å². The number of ether oxygens (including phenoxy) is 1. The Kier molecular flexibility index (Phi) is 3.13. The predicted octanol–water partition coefficient (Wildman–Crippen LogP) is 2.93. The fourth-order valence-electron chi connectivity index (χ4n) is 2.28. The van der Waals surface area contributed by atoms with Crippen LogP contribution < -0.4 is 0 Å². The molecule has 1 saturated heterocycles. The summed E-state index contributed by atoms with van der Waals surface area (Å²) in [5, 5.41) is 0. The molecule has 1 aliphatic heterocycles. The van der Waals surface area contributed by atoms with Crippen LogP contribution in [-0.4, -0.2) is 21.8 Å². The maximum atomic E-state index is 11.5. The number of ketones is 1. The van der Waals surface area contributed by atoms with Gasteiger partial charge >= 0.3 is 0 Å². The molecule has 0 aromatic rings. The molecule has 2 atom stereocenters. The Hall–Kier alpha value is 0.110. The number of halogens is 1. The Balaban J connectivity index is 2.94. The fraction of sp³-hybridized carbons (Fsp3) is 0.909. The summed E-state index contributed by atoms with van der Waals surface area (Å²) in [7, 11) is 0. The number of Topliss-reactive ketones (excluding diaryl/α,β-unsaturated/α-hetero) is 1. The lowest BCUT2D eigenvalue weighted by atomic mass is 9.79. The predicted molar refractivity (Wildman–Crippen MR) is 60.7 cm³/mol. The van der Waals surface area contributed by atoms with Crippen LogP contribution in [-0.2, 0) is 9.53 Å². The van der Waals surface area contributed by atoms with E-state index in [4.69, 9.17) is 4.74 Å². The van der Waals surface area contributed by atoms with E-state index >= 15 is 0 Å². The Labute approximate surface area is 94.5 Å². The molecule has 14 heavy (non-hydrogen) atoms. The number of carbonyl (C=O) groups is 1. The van der Waals surface area contributed by atoms with Crippen LogP contribution in [0.2, 0.25) is 0 Å². The first-order valence-electron chi connectivity index (χ1n) is 5.00. The number of carbonyl (C=O) groups excluding carboxylic acids is 1. The van der Waals surface area contributed by atoms with Crippen LogP contribution in [0.25, 0.3) is 0 Å². The van der Waals surface area contributed by atoms with Gasteiger partial charge in [-0.25, -0.2) is 0 Å². The second-order valence-corrected chi connectivity index (χ2v) is 6.27. The fourth-order valence-corrected chi connectivity index (χ4v) is 2.93. The Morgan fingerprint density at radius 2 is 1.86 bits per heavy atom. The van der Waals surface area contributed by atoms with Gasteiger partial charge in [0.2, 0.25) is 0 Å². The minimum absolute atomic E-state index is 0.0637. The van der Waals surface area contributed by atoms with Crippen LogP contribution in [0, 0.1) is 5.92 Å². The molecule has 1 rings (SSSR count). The van der Waals surface area contributed by atoms with Gasteiger partial charge in [-0.15, -0.1) is 0 Å². The minimum atomic E-state index is -0.280. The van der Waals surface area contributed by atoms with Crippen molar-refractivity contribution in [1.82, 2.24) is 0 Å². The summed E-state index contributed by atoms with van der Waals surface area (Å²) in [6, 6.07) is 0. The molecule has 0 amide bonds. The quantitative estimate of drug-likeness (QED) is 0.680. The Morgan fingerprint density at radius 3 is 2.29 bits per heavy atom. The molecule has 2 nitrogen and oxygen atoms in total. The molecule has 1 fully saturated rings. The third kappa shape index (κ3) is 2.37. The van der Waals surface area contributed by atoms with Gasteiger partial charge in [-0.1, -0.05) is 15.9 Å². The van der Waals surface area contributed by atoms with Crippen LogP contribution in [0.1, 0.15) is 41.0 Å². The molecule has 0 aromatic carbocycles. The lowest BCUT2D eigenvalue weighted by Crippen LogP contribution is -2.54. The number of rotatable bonds is 1. The van der Waals surface area contributed by atoms with Crippen molar-refractivity contribution in [3.05, 3.63) is 0 Å².